The fraction of sp³-hybridized carbons (Fsp3) is 0.455. The second-order valence-corrected chi connectivity index (χ2v) is 3.60. The van der Waals surface area contributed by atoms with Gasteiger partial charge in [0.25, 0.3) is 0 Å². The summed E-state index contributed by atoms with van der Waals surface area (Å²) in [6, 6.07) is 3.88. The van der Waals surface area contributed by atoms with Gasteiger partial charge in [-0.15, -0.1) is 0 Å². The summed E-state index contributed by atoms with van der Waals surface area (Å²) < 4.78 is 5.30. The van der Waals surface area contributed by atoms with E-state index in [1.165, 1.54) is 5.56 Å². The lowest BCUT2D eigenvalue weighted by Gasteiger charge is -2.06. The maximum atomic E-state index is 9.72. The summed E-state index contributed by atoms with van der Waals surface area (Å²) in [4.78, 5) is 0. The van der Waals surface area contributed by atoms with Crippen LogP contribution in [0.2, 0.25) is 0 Å². The maximum absolute atomic E-state index is 9.72. The Hall–Kier alpha value is -1.06. The molecule has 1 aromatic carbocycles. The highest BCUT2D eigenvalue weighted by Gasteiger charge is 2.14. The van der Waals surface area contributed by atoms with Crippen molar-refractivity contribution in [3.05, 3.63) is 28.8 Å². The average Bonchev–Trinajstić information content (AvgIpc) is 2.61. The van der Waals surface area contributed by atoms with Crippen LogP contribution in [0.1, 0.15) is 16.7 Å². The van der Waals surface area contributed by atoms with Crippen LogP contribution in [0, 0.1) is 0 Å². The summed E-state index contributed by atoms with van der Waals surface area (Å²) in [5.74, 6) is 0.393. The van der Waals surface area contributed by atoms with Crippen molar-refractivity contribution in [3.8, 4) is 5.75 Å². The second kappa shape index (κ2) is 3.98. The van der Waals surface area contributed by atoms with Gasteiger partial charge < -0.3 is 15.2 Å². The summed E-state index contributed by atoms with van der Waals surface area (Å²) in [7, 11) is 1.91. The Bertz CT molecular complexity index is 336. The Morgan fingerprint density at radius 2 is 2.07 bits per heavy atom. The van der Waals surface area contributed by atoms with E-state index in [-0.39, 0.29) is 0 Å². The van der Waals surface area contributed by atoms with Gasteiger partial charge >= 0.3 is 0 Å². The summed E-state index contributed by atoms with van der Waals surface area (Å²) >= 11 is 0. The smallest absolute Gasteiger partial charge is 0.119 e. The molecule has 0 aliphatic carbocycles. The lowest BCUT2D eigenvalue weighted by atomic mass is 10.0. The van der Waals surface area contributed by atoms with Gasteiger partial charge in [-0.05, 0) is 48.8 Å². The number of hydrogen-bond acceptors (Lipinski definition) is 3. The Labute approximate surface area is 83.7 Å². The number of rotatable bonds is 3. The maximum Gasteiger partial charge on any atom is 0.119 e. The first-order valence-electron chi connectivity index (χ1n) is 4.87. The monoisotopic (exact) mass is 193 g/mol. The van der Waals surface area contributed by atoms with Crippen LogP contribution in [0.25, 0.3) is 0 Å². The van der Waals surface area contributed by atoms with Crippen LogP contribution in [0.15, 0.2) is 12.1 Å². The van der Waals surface area contributed by atoms with Gasteiger partial charge in [0.05, 0.1) is 13.2 Å². The van der Waals surface area contributed by atoms with Crippen molar-refractivity contribution in [2.75, 3.05) is 13.6 Å². The molecule has 0 atom stereocenters. The third-order valence-electron chi connectivity index (χ3n) is 2.56. The zero-order valence-corrected chi connectivity index (χ0v) is 8.34. The number of nitrogens with one attached hydrogen (secondary N) is 1. The molecule has 0 aromatic heterocycles. The van der Waals surface area contributed by atoms with Crippen LogP contribution in [-0.4, -0.2) is 18.7 Å². The summed E-state index contributed by atoms with van der Waals surface area (Å²) in [6.45, 7) is 2.20. The summed E-state index contributed by atoms with van der Waals surface area (Å²) in [5, 5.41) is 12.8. The number of ether oxygens (including phenoxy) is 1. The van der Waals surface area contributed by atoms with Gasteiger partial charge in [-0.1, -0.05) is 0 Å². The Morgan fingerprint density at radius 3 is 2.79 bits per heavy atom. The minimum Gasteiger partial charge on any atom is -0.508 e. The van der Waals surface area contributed by atoms with Gasteiger partial charge in [0.2, 0.25) is 0 Å². The molecule has 1 aromatic rings. The van der Waals surface area contributed by atoms with Gasteiger partial charge in [0.15, 0.2) is 0 Å². The van der Waals surface area contributed by atoms with Gasteiger partial charge in [0, 0.05) is 0 Å². The zero-order valence-electron chi connectivity index (χ0n) is 8.34. The molecule has 0 fully saturated rings. The number of phenols is 1. The molecule has 0 saturated carbocycles. The van der Waals surface area contributed by atoms with Crippen LogP contribution in [0.3, 0.4) is 0 Å². The first-order chi connectivity index (χ1) is 6.81. The summed E-state index contributed by atoms with van der Waals surface area (Å²) in [5.41, 5.74) is 3.34. The number of likely N-dealkylation sites (N-methyl/N-ethyl adjacent to an activating group) is 1. The van der Waals surface area contributed by atoms with Crippen molar-refractivity contribution < 1.29 is 9.84 Å². The van der Waals surface area contributed by atoms with Gasteiger partial charge in [-0.25, -0.2) is 0 Å². The van der Waals surface area contributed by atoms with Crippen molar-refractivity contribution >= 4 is 0 Å². The second-order valence-electron chi connectivity index (χ2n) is 3.60. The van der Waals surface area contributed by atoms with Crippen LogP contribution in [0.4, 0.5) is 0 Å². The number of aromatic hydroxyl groups is 1. The minimum atomic E-state index is 0.393. The van der Waals surface area contributed by atoms with Gasteiger partial charge in [-0.2, -0.15) is 0 Å². The van der Waals surface area contributed by atoms with E-state index in [2.05, 4.69) is 11.4 Å². The zero-order chi connectivity index (χ0) is 9.97. The normalized spacial score (nSPS) is 14.4. The predicted molar refractivity (Wildman–Crippen MR) is 54.2 cm³/mol. The summed E-state index contributed by atoms with van der Waals surface area (Å²) in [6.07, 6.45) is 0.857. The van der Waals surface area contributed by atoms with Crippen LogP contribution < -0.4 is 5.32 Å². The third kappa shape index (κ3) is 1.74. The Morgan fingerprint density at radius 1 is 1.36 bits per heavy atom. The van der Waals surface area contributed by atoms with Crippen LogP contribution in [-0.2, 0) is 24.4 Å². The molecule has 0 radical (unpaired) electrons. The first kappa shape index (κ1) is 9.49. The Kier molecular flexibility index (Phi) is 2.70. The van der Waals surface area contributed by atoms with Crippen LogP contribution >= 0.6 is 0 Å². The van der Waals surface area contributed by atoms with E-state index in [0.29, 0.717) is 19.0 Å². The van der Waals surface area contributed by atoms with Crippen molar-refractivity contribution in [1.29, 1.82) is 0 Å². The highest BCUT2D eigenvalue weighted by Crippen LogP contribution is 2.27. The van der Waals surface area contributed by atoms with E-state index in [9.17, 15) is 5.11 Å². The van der Waals surface area contributed by atoms with E-state index >= 15 is 0 Å². The quantitative estimate of drug-likeness (QED) is 0.757. The topological polar surface area (TPSA) is 41.5 Å². The van der Waals surface area contributed by atoms with E-state index in [4.69, 9.17) is 4.74 Å². The SMILES string of the molecule is CNCCc1cc2c(cc1O)COC2. The predicted octanol–water partition coefficient (Wildman–Crippen LogP) is 1.18. The van der Waals surface area contributed by atoms with E-state index in [1.54, 1.807) is 0 Å². The molecule has 0 spiro atoms. The lowest BCUT2D eigenvalue weighted by molar-refractivity contribution is 0.134. The van der Waals surface area contributed by atoms with Crippen molar-refractivity contribution in [2.24, 2.45) is 0 Å². The highest BCUT2D eigenvalue weighted by molar-refractivity contribution is 5.42. The van der Waals surface area contributed by atoms with E-state index in [0.717, 1.165) is 24.1 Å². The standard InChI is InChI=1S/C11H15NO2/c1-12-3-2-8-4-9-6-14-7-10(9)5-11(8)13/h4-5,12-13H,2-3,6-7H2,1H3. The molecule has 0 bridgehead atoms. The molecule has 2 rings (SSSR count). The largest absolute Gasteiger partial charge is 0.508 e. The van der Waals surface area contributed by atoms with Crippen molar-refractivity contribution in [2.45, 2.75) is 19.6 Å². The molecule has 1 heterocycles. The lowest BCUT2D eigenvalue weighted by Crippen LogP contribution is -2.10. The van der Waals surface area contributed by atoms with Crippen molar-refractivity contribution in [3.63, 3.8) is 0 Å². The molecule has 0 saturated heterocycles. The molecule has 3 nitrogen and oxygen atoms in total. The molecule has 2 N–H and O–H groups in total. The first-order valence-corrected chi connectivity index (χ1v) is 4.87. The Balaban J connectivity index is 2.23. The number of hydrogen-bond donors (Lipinski definition) is 2. The number of fused-ring (bicyclic) bond motifs is 1. The minimum absolute atomic E-state index is 0.393. The fourth-order valence-electron chi connectivity index (χ4n) is 1.73. The molecule has 0 unspecified atom stereocenters. The molecular formula is C11H15NO2. The third-order valence-corrected chi connectivity index (χ3v) is 2.56. The highest BCUT2D eigenvalue weighted by atomic mass is 16.5. The average molecular weight is 193 g/mol. The molecule has 0 amide bonds. The fourth-order valence-corrected chi connectivity index (χ4v) is 1.73. The van der Waals surface area contributed by atoms with Crippen molar-refractivity contribution in [1.82, 2.24) is 5.32 Å². The van der Waals surface area contributed by atoms with E-state index in [1.807, 2.05) is 13.1 Å². The van der Waals surface area contributed by atoms with Gasteiger partial charge in [-0.3, -0.25) is 0 Å². The molecule has 3 heteroatoms. The number of phenolic OH excluding ortho intramolecular Hbond substituents is 1. The molecule has 1 aliphatic heterocycles. The van der Waals surface area contributed by atoms with Crippen LogP contribution in [0.5, 0.6) is 5.75 Å². The molecule has 76 valence electrons. The molecular weight excluding hydrogens is 178 g/mol. The number of benzene rings is 1. The molecule has 1 aliphatic rings. The molecule has 14 heavy (non-hydrogen) atoms. The van der Waals surface area contributed by atoms with E-state index < -0.39 is 0 Å². The van der Waals surface area contributed by atoms with Gasteiger partial charge in [0.1, 0.15) is 5.75 Å².